The molecule has 1 aliphatic carbocycles. The molecule has 34 heavy (non-hydrogen) atoms. The molecule has 4 aromatic rings. The molecule has 1 aliphatic rings. The molecule has 2 aromatic heterocycles. The fourth-order valence-electron chi connectivity index (χ4n) is 4.63. The normalized spacial score (nSPS) is 14.7. The van der Waals surface area contributed by atoms with Crippen molar-refractivity contribution in [2.45, 2.75) is 18.9 Å². The molecule has 2 heterocycles. The van der Waals surface area contributed by atoms with Gasteiger partial charge < -0.3 is 19.9 Å². The zero-order valence-electron chi connectivity index (χ0n) is 19.0. The number of pyridine rings is 1. The van der Waals surface area contributed by atoms with Crippen molar-refractivity contribution in [1.82, 2.24) is 19.9 Å². The minimum absolute atomic E-state index is 0.0571. The summed E-state index contributed by atoms with van der Waals surface area (Å²) in [6, 6.07) is 15.3. The van der Waals surface area contributed by atoms with Gasteiger partial charge in [0.2, 0.25) is 5.91 Å². The van der Waals surface area contributed by atoms with Crippen molar-refractivity contribution in [3.63, 3.8) is 0 Å². The predicted molar refractivity (Wildman–Crippen MR) is 129 cm³/mol. The van der Waals surface area contributed by atoms with Gasteiger partial charge in [0, 0.05) is 37.8 Å². The molecule has 172 valence electrons. The number of aromatic nitrogens is 3. The van der Waals surface area contributed by atoms with Crippen LogP contribution in [-0.2, 0) is 23.0 Å². The van der Waals surface area contributed by atoms with Gasteiger partial charge in [-0.3, -0.25) is 14.6 Å². The molecule has 0 spiro atoms. The summed E-state index contributed by atoms with van der Waals surface area (Å²) in [6.45, 7) is -0.0804. The van der Waals surface area contributed by atoms with Crippen molar-refractivity contribution >= 4 is 28.5 Å². The van der Waals surface area contributed by atoms with E-state index in [4.69, 9.17) is 9.72 Å². The van der Waals surface area contributed by atoms with Crippen LogP contribution in [0.5, 0.6) is 0 Å². The molecular formula is C26H25N5O3. The summed E-state index contributed by atoms with van der Waals surface area (Å²) in [5.41, 5.74) is 5.55. The Kier molecular flexibility index (Phi) is 5.81. The fraction of sp³-hybridized carbons (Fsp3) is 0.231. The van der Waals surface area contributed by atoms with Gasteiger partial charge in [0.1, 0.15) is 12.4 Å². The number of carbonyl (C=O) groups excluding carboxylic acids is 2. The zero-order valence-corrected chi connectivity index (χ0v) is 19.0. The molecule has 0 fully saturated rings. The van der Waals surface area contributed by atoms with Crippen molar-refractivity contribution in [2.24, 2.45) is 7.05 Å². The SMILES string of the molecule is COCC(=O)Nc1cc(C(=O)NC2CCc3ccccc32)c2c(c1)nc(-c1ccncc1)n2C. The smallest absolute Gasteiger partial charge is 0.254 e. The van der Waals surface area contributed by atoms with E-state index in [0.29, 0.717) is 28.1 Å². The number of nitrogens with one attached hydrogen (secondary N) is 2. The maximum atomic E-state index is 13.6. The van der Waals surface area contributed by atoms with E-state index in [1.54, 1.807) is 24.5 Å². The molecule has 2 N–H and O–H groups in total. The van der Waals surface area contributed by atoms with Crippen molar-refractivity contribution < 1.29 is 14.3 Å². The number of benzene rings is 2. The Morgan fingerprint density at radius 3 is 2.74 bits per heavy atom. The van der Waals surface area contributed by atoms with Gasteiger partial charge in [-0.1, -0.05) is 24.3 Å². The molecule has 0 bridgehead atoms. The van der Waals surface area contributed by atoms with Crippen LogP contribution in [0.1, 0.15) is 33.9 Å². The Balaban J connectivity index is 1.57. The number of anilines is 1. The van der Waals surface area contributed by atoms with Crippen LogP contribution >= 0.6 is 0 Å². The summed E-state index contributed by atoms with van der Waals surface area (Å²) < 4.78 is 6.83. The van der Waals surface area contributed by atoms with E-state index in [9.17, 15) is 9.59 Å². The van der Waals surface area contributed by atoms with Crippen LogP contribution in [0, 0.1) is 0 Å². The lowest BCUT2D eigenvalue weighted by atomic mass is 10.1. The molecule has 0 aliphatic heterocycles. The average Bonchev–Trinajstić information content (AvgIpc) is 3.40. The minimum Gasteiger partial charge on any atom is -0.375 e. The average molecular weight is 456 g/mol. The third-order valence-electron chi connectivity index (χ3n) is 6.15. The first kappa shape index (κ1) is 21.8. The second kappa shape index (κ2) is 9.07. The number of nitrogens with zero attached hydrogens (tertiary/aromatic N) is 3. The van der Waals surface area contributed by atoms with E-state index in [2.05, 4.69) is 27.8 Å². The van der Waals surface area contributed by atoms with Gasteiger partial charge in [0.05, 0.1) is 22.6 Å². The molecular weight excluding hydrogens is 430 g/mol. The number of fused-ring (bicyclic) bond motifs is 2. The van der Waals surface area contributed by atoms with E-state index in [-0.39, 0.29) is 24.5 Å². The molecule has 8 nitrogen and oxygen atoms in total. The van der Waals surface area contributed by atoms with Gasteiger partial charge in [-0.2, -0.15) is 0 Å². The maximum absolute atomic E-state index is 13.6. The number of carbonyl (C=O) groups is 2. The number of methoxy groups -OCH3 is 1. The monoisotopic (exact) mass is 455 g/mol. The summed E-state index contributed by atoms with van der Waals surface area (Å²) in [7, 11) is 3.34. The number of imidazole rings is 1. The van der Waals surface area contributed by atoms with Crippen LogP contribution in [-0.4, -0.2) is 40.1 Å². The van der Waals surface area contributed by atoms with Crippen LogP contribution in [0.15, 0.2) is 60.9 Å². The molecule has 1 atom stereocenters. The first-order valence-electron chi connectivity index (χ1n) is 11.1. The van der Waals surface area contributed by atoms with E-state index < -0.39 is 0 Å². The van der Waals surface area contributed by atoms with Crippen molar-refractivity contribution in [1.29, 1.82) is 0 Å². The van der Waals surface area contributed by atoms with Crippen LogP contribution < -0.4 is 10.6 Å². The summed E-state index contributed by atoms with van der Waals surface area (Å²) in [6.07, 6.45) is 5.19. The maximum Gasteiger partial charge on any atom is 0.254 e. The molecule has 0 radical (unpaired) electrons. The van der Waals surface area contributed by atoms with Crippen molar-refractivity contribution in [3.8, 4) is 11.4 Å². The fourth-order valence-corrected chi connectivity index (χ4v) is 4.63. The number of ether oxygens (including phenoxy) is 1. The second-order valence-corrected chi connectivity index (χ2v) is 8.37. The summed E-state index contributed by atoms with van der Waals surface area (Å²) in [4.78, 5) is 34.6. The van der Waals surface area contributed by atoms with Gasteiger partial charge >= 0.3 is 0 Å². The number of hydrogen-bond acceptors (Lipinski definition) is 5. The quantitative estimate of drug-likeness (QED) is 0.463. The minimum atomic E-state index is -0.303. The topological polar surface area (TPSA) is 98.1 Å². The summed E-state index contributed by atoms with van der Waals surface area (Å²) in [5, 5.41) is 6.00. The van der Waals surface area contributed by atoms with Crippen molar-refractivity contribution in [2.75, 3.05) is 19.0 Å². The lowest BCUT2D eigenvalue weighted by Gasteiger charge is -2.16. The molecule has 8 heteroatoms. The van der Waals surface area contributed by atoms with Gasteiger partial charge in [-0.25, -0.2) is 4.98 Å². The molecule has 2 amide bonds. The first-order valence-corrected chi connectivity index (χ1v) is 11.1. The Morgan fingerprint density at radius 2 is 1.94 bits per heavy atom. The Morgan fingerprint density at radius 1 is 1.15 bits per heavy atom. The van der Waals surface area contributed by atoms with Crippen molar-refractivity contribution in [3.05, 3.63) is 77.6 Å². The lowest BCUT2D eigenvalue weighted by molar-refractivity contribution is -0.119. The Labute approximate surface area is 197 Å². The van der Waals surface area contributed by atoms with Gasteiger partial charge in [-0.05, 0) is 48.2 Å². The summed E-state index contributed by atoms with van der Waals surface area (Å²) >= 11 is 0. The Bertz CT molecular complexity index is 1380. The third kappa shape index (κ3) is 4.04. The molecule has 1 unspecified atom stereocenters. The van der Waals surface area contributed by atoms with Gasteiger partial charge in [-0.15, -0.1) is 0 Å². The number of hydrogen-bond donors (Lipinski definition) is 2. The van der Waals surface area contributed by atoms with E-state index in [1.807, 2.05) is 35.9 Å². The highest BCUT2D eigenvalue weighted by Gasteiger charge is 2.26. The van der Waals surface area contributed by atoms with E-state index >= 15 is 0 Å². The molecule has 0 saturated heterocycles. The number of rotatable bonds is 6. The number of aryl methyl sites for hydroxylation is 2. The zero-order chi connectivity index (χ0) is 23.7. The van der Waals surface area contributed by atoms with Crippen LogP contribution in [0.25, 0.3) is 22.4 Å². The van der Waals surface area contributed by atoms with E-state index in [0.717, 1.165) is 24.0 Å². The second-order valence-electron chi connectivity index (χ2n) is 8.37. The van der Waals surface area contributed by atoms with Gasteiger partial charge in [0.15, 0.2) is 0 Å². The van der Waals surface area contributed by atoms with E-state index in [1.165, 1.54) is 12.7 Å². The molecule has 0 saturated carbocycles. The van der Waals surface area contributed by atoms with Crippen LogP contribution in [0.3, 0.4) is 0 Å². The Hall–Kier alpha value is -4.04. The predicted octanol–water partition coefficient (Wildman–Crippen LogP) is 3.64. The molecule has 2 aromatic carbocycles. The lowest BCUT2D eigenvalue weighted by Crippen LogP contribution is -2.28. The number of amides is 2. The van der Waals surface area contributed by atoms with Crippen LogP contribution in [0.2, 0.25) is 0 Å². The van der Waals surface area contributed by atoms with Crippen LogP contribution in [0.4, 0.5) is 5.69 Å². The highest BCUT2D eigenvalue weighted by Crippen LogP contribution is 2.33. The van der Waals surface area contributed by atoms with Gasteiger partial charge in [0.25, 0.3) is 5.91 Å². The third-order valence-corrected chi connectivity index (χ3v) is 6.15. The summed E-state index contributed by atoms with van der Waals surface area (Å²) in [5.74, 6) is 0.195. The highest BCUT2D eigenvalue weighted by atomic mass is 16.5. The largest absolute Gasteiger partial charge is 0.375 e. The standard InChI is InChI=1S/C26H25N5O3/c1-31-24-20(26(33)30-21-8-7-16-5-3-4-6-19(16)21)13-18(28-23(32)15-34-2)14-22(24)29-25(31)17-9-11-27-12-10-17/h3-6,9-14,21H,7-8,15H2,1-2H3,(H,28,32)(H,30,33). The molecule has 5 rings (SSSR count). The first-order chi connectivity index (χ1) is 16.5. The highest BCUT2D eigenvalue weighted by molar-refractivity contribution is 6.08.